The summed E-state index contributed by atoms with van der Waals surface area (Å²) in [6.07, 6.45) is 0. The molecule has 0 saturated heterocycles. The van der Waals surface area contributed by atoms with Gasteiger partial charge in [0.15, 0.2) is 5.78 Å². The quantitative estimate of drug-likeness (QED) is 0.853. The van der Waals surface area contributed by atoms with Gasteiger partial charge in [0, 0.05) is 11.1 Å². The maximum Gasteiger partial charge on any atom is 0.265 e. The molecule has 2 aromatic carbocycles. The molecule has 0 aliphatic rings. The number of halogens is 1. The summed E-state index contributed by atoms with van der Waals surface area (Å²) in [6, 6.07) is 9.89. The van der Waals surface area contributed by atoms with Gasteiger partial charge >= 0.3 is 0 Å². The van der Waals surface area contributed by atoms with E-state index in [1.165, 1.54) is 37.3 Å². The van der Waals surface area contributed by atoms with Crippen LogP contribution in [-0.2, 0) is 10.0 Å². The third-order valence-electron chi connectivity index (χ3n) is 3.16. The Hall–Kier alpha value is -3.05. The number of ketones is 1. The van der Waals surface area contributed by atoms with Crippen LogP contribution in [0.2, 0.25) is 0 Å². The monoisotopic (exact) mass is 346 g/mol. The van der Waals surface area contributed by atoms with Crippen molar-refractivity contribution in [3.63, 3.8) is 0 Å². The molecule has 0 fully saturated rings. The first kappa shape index (κ1) is 17.3. The van der Waals surface area contributed by atoms with E-state index in [9.17, 15) is 22.4 Å². The standard InChI is InChI=1S/C16H11FN2O4S/c1-10(20)11-5-7-12(8-6-11)16(21)19-24(22,23)15-4-2-3-14(17)13(15)9-18/h2-8H,1H3,(H,19,21). The van der Waals surface area contributed by atoms with Gasteiger partial charge < -0.3 is 0 Å². The Kier molecular flexibility index (Phi) is 4.76. The van der Waals surface area contributed by atoms with Crippen molar-refractivity contribution >= 4 is 21.7 Å². The lowest BCUT2D eigenvalue weighted by atomic mass is 10.1. The number of sulfonamides is 1. The molecule has 0 aliphatic carbocycles. The van der Waals surface area contributed by atoms with Crippen LogP contribution in [0.3, 0.4) is 0 Å². The lowest BCUT2D eigenvalue weighted by Gasteiger charge is -2.09. The van der Waals surface area contributed by atoms with Crippen LogP contribution >= 0.6 is 0 Å². The molecule has 1 N–H and O–H groups in total. The van der Waals surface area contributed by atoms with Gasteiger partial charge in [-0.25, -0.2) is 17.5 Å². The Morgan fingerprint density at radius 3 is 2.21 bits per heavy atom. The van der Waals surface area contributed by atoms with E-state index in [0.717, 1.165) is 18.2 Å². The van der Waals surface area contributed by atoms with Gasteiger partial charge in [0.1, 0.15) is 22.3 Å². The van der Waals surface area contributed by atoms with Crippen LogP contribution in [0.25, 0.3) is 0 Å². The van der Waals surface area contributed by atoms with Gasteiger partial charge in [-0.1, -0.05) is 18.2 Å². The Balaban J connectivity index is 2.33. The summed E-state index contributed by atoms with van der Waals surface area (Å²) in [5.74, 6) is -2.16. The Morgan fingerprint density at radius 1 is 1.08 bits per heavy atom. The van der Waals surface area contributed by atoms with Crippen molar-refractivity contribution in [2.75, 3.05) is 0 Å². The number of carbonyl (C=O) groups is 2. The number of benzene rings is 2. The second-order valence-corrected chi connectivity index (χ2v) is 6.44. The molecule has 0 heterocycles. The molecular formula is C16H11FN2O4S. The maximum atomic E-state index is 13.5. The van der Waals surface area contributed by atoms with Gasteiger partial charge in [-0.3, -0.25) is 9.59 Å². The van der Waals surface area contributed by atoms with Crippen molar-refractivity contribution in [1.29, 1.82) is 5.26 Å². The molecule has 0 bridgehead atoms. The second kappa shape index (κ2) is 6.60. The normalized spacial score (nSPS) is 10.7. The summed E-state index contributed by atoms with van der Waals surface area (Å²) < 4.78 is 39.7. The summed E-state index contributed by atoms with van der Waals surface area (Å²) in [6.45, 7) is 1.35. The minimum atomic E-state index is -4.43. The molecule has 122 valence electrons. The van der Waals surface area contributed by atoms with Crippen LogP contribution in [0.15, 0.2) is 47.4 Å². The van der Waals surface area contributed by atoms with Crippen LogP contribution < -0.4 is 4.72 Å². The third-order valence-corrected chi connectivity index (χ3v) is 4.53. The number of carbonyl (C=O) groups excluding carboxylic acids is 2. The highest BCUT2D eigenvalue weighted by molar-refractivity contribution is 7.90. The summed E-state index contributed by atoms with van der Waals surface area (Å²) in [5, 5.41) is 8.90. The van der Waals surface area contributed by atoms with E-state index in [1.807, 2.05) is 0 Å². The first-order valence-corrected chi connectivity index (χ1v) is 8.11. The molecule has 2 rings (SSSR count). The van der Waals surface area contributed by atoms with Crippen molar-refractivity contribution in [2.24, 2.45) is 0 Å². The molecule has 0 aliphatic heterocycles. The highest BCUT2D eigenvalue weighted by atomic mass is 32.2. The molecule has 0 unspecified atom stereocenters. The minimum Gasteiger partial charge on any atom is -0.295 e. The van der Waals surface area contributed by atoms with Gasteiger partial charge in [-0.15, -0.1) is 0 Å². The molecule has 0 aromatic heterocycles. The zero-order valence-electron chi connectivity index (χ0n) is 12.4. The first-order chi connectivity index (χ1) is 11.3. The van der Waals surface area contributed by atoms with E-state index in [1.54, 1.807) is 4.72 Å². The lowest BCUT2D eigenvalue weighted by molar-refractivity contribution is 0.0977. The van der Waals surface area contributed by atoms with Crippen LogP contribution in [0.5, 0.6) is 0 Å². The smallest absolute Gasteiger partial charge is 0.265 e. The molecule has 1 amide bonds. The topological polar surface area (TPSA) is 104 Å². The Bertz CT molecular complexity index is 961. The summed E-state index contributed by atoms with van der Waals surface area (Å²) in [7, 11) is -4.43. The van der Waals surface area contributed by atoms with Crippen molar-refractivity contribution in [2.45, 2.75) is 11.8 Å². The molecule has 6 nitrogen and oxygen atoms in total. The Morgan fingerprint density at radius 2 is 1.67 bits per heavy atom. The summed E-state index contributed by atoms with van der Waals surface area (Å²) in [4.78, 5) is 22.6. The van der Waals surface area contributed by atoms with Crippen molar-refractivity contribution < 1.29 is 22.4 Å². The highest BCUT2D eigenvalue weighted by Crippen LogP contribution is 2.18. The second-order valence-electron chi connectivity index (χ2n) is 4.79. The summed E-state index contributed by atoms with van der Waals surface area (Å²) >= 11 is 0. The number of hydrogen-bond donors (Lipinski definition) is 1. The molecule has 8 heteroatoms. The predicted molar refractivity (Wildman–Crippen MR) is 82.2 cm³/mol. The fourth-order valence-electron chi connectivity index (χ4n) is 1.93. The van der Waals surface area contributed by atoms with E-state index in [-0.39, 0.29) is 11.3 Å². The van der Waals surface area contributed by atoms with Gasteiger partial charge in [-0.05, 0) is 31.2 Å². The zero-order valence-corrected chi connectivity index (χ0v) is 13.2. The van der Waals surface area contributed by atoms with Crippen molar-refractivity contribution in [3.05, 3.63) is 65.0 Å². The molecule has 2 aromatic rings. The van der Waals surface area contributed by atoms with E-state index in [2.05, 4.69) is 0 Å². The number of rotatable bonds is 4. The van der Waals surface area contributed by atoms with Gasteiger partial charge in [0.05, 0.1) is 0 Å². The van der Waals surface area contributed by atoms with E-state index in [0.29, 0.717) is 5.56 Å². The molecular weight excluding hydrogens is 335 g/mol. The number of nitriles is 1. The first-order valence-electron chi connectivity index (χ1n) is 6.63. The third kappa shape index (κ3) is 3.47. The molecule has 0 atom stereocenters. The Labute approximate surface area is 137 Å². The maximum absolute atomic E-state index is 13.5. The average molecular weight is 346 g/mol. The number of nitrogens with one attached hydrogen (secondary N) is 1. The number of hydrogen-bond acceptors (Lipinski definition) is 5. The van der Waals surface area contributed by atoms with Crippen LogP contribution in [0.1, 0.15) is 33.2 Å². The van der Waals surface area contributed by atoms with Crippen LogP contribution in [0, 0.1) is 17.1 Å². The van der Waals surface area contributed by atoms with Gasteiger partial charge in [0.25, 0.3) is 15.9 Å². The largest absolute Gasteiger partial charge is 0.295 e. The highest BCUT2D eigenvalue weighted by Gasteiger charge is 2.24. The fraction of sp³-hybridized carbons (Fsp3) is 0.0625. The zero-order chi connectivity index (χ0) is 17.9. The van der Waals surface area contributed by atoms with E-state index < -0.39 is 32.2 Å². The van der Waals surface area contributed by atoms with Crippen molar-refractivity contribution in [3.8, 4) is 6.07 Å². The molecule has 0 spiro atoms. The van der Waals surface area contributed by atoms with Crippen molar-refractivity contribution in [1.82, 2.24) is 4.72 Å². The van der Waals surface area contributed by atoms with Crippen LogP contribution in [-0.4, -0.2) is 20.1 Å². The number of amides is 1. The number of nitrogens with zero attached hydrogens (tertiary/aromatic N) is 1. The SMILES string of the molecule is CC(=O)c1ccc(C(=O)NS(=O)(=O)c2cccc(F)c2C#N)cc1. The molecule has 0 saturated carbocycles. The molecule has 24 heavy (non-hydrogen) atoms. The lowest BCUT2D eigenvalue weighted by Crippen LogP contribution is -2.31. The predicted octanol–water partition coefficient (Wildman–Crippen LogP) is 2.02. The van der Waals surface area contributed by atoms with Crippen LogP contribution in [0.4, 0.5) is 4.39 Å². The minimum absolute atomic E-state index is 0.00140. The van der Waals surface area contributed by atoms with E-state index >= 15 is 0 Å². The fourth-order valence-corrected chi connectivity index (χ4v) is 3.07. The van der Waals surface area contributed by atoms with Gasteiger partial charge in [0.2, 0.25) is 0 Å². The molecule has 0 radical (unpaired) electrons. The average Bonchev–Trinajstić information content (AvgIpc) is 2.54. The van der Waals surface area contributed by atoms with E-state index in [4.69, 9.17) is 5.26 Å². The number of Topliss-reactive ketones (excluding diaryl/α,β-unsaturated/α-hetero) is 1. The summed E-state index contributed by atoms with van der Waals surface area (Å²) in [5.41, 5.74) is -0.311. The van der Waals surface area contributed by atoms with Gasteiger partial charge in [-0.2, -0.15) is 5.26 Å².